The molecule has 2 aromatic rings. The number of ether oxygens (including phenoxy) is 1. The van der Waals surface area contributed by atoms with E-state index in [-0.39, 0.29) is 18.3 Å². The van der Waals surface area contributed by atoms with Crippen LogP contribution in [0.4, 0.5) is 4.39 Å². The van der Waals surface area contributed by atoms with Crippen molar-refractivity contribution in [1.82, 2.24) is 5.06 Å². The van der Waals surface area contributed by atoms with E-state index in [1.807, 2.05) is 0 Å². The first-order valence-corrected chi connectivity index (χ1v) is 6.40. The Morgan fingerprint density at radius 2 is 1.81 bits per heavy atom. The zero-order chi connectivity index (χ0) is 15.2. The number of hydroxylamine groups is 2. The van der Waals surface area contributed by atoms with Crippen molar-refractivity contribution in [1.29, 1.82) is 0 Å². The summed E-state index contributed by atoms with van der Waals surface area (Å²) in [5, 5.41) is 1.13. The van der Waals surface area contributed by atoms with Crippen LogP contribution in [0.3, 0.4) is 0 Å². The molecule has 2 rings (SSSR count). The molecule has 0 aromatic heterocycles. The van der Waals surface area contributed by atoms with Gasteiger partial charge in [0.2, 0.25) is 0 Å². The van der Waals surface area contributed by atoms with Gasteiger partial charge in [0.05, 0.1) is 7.11 Å². The molecule has 0 saturated carbocycles. The van der Waals surface area contributed by atoms with Crippen LogP contribution in [-0.2, 0) is 11.4 Å². The summed E-state index contributed by atoms with van der Waals surface area (Å²) in [6, 6.07) is 13.0. The Morgan fingerprint density at radius 3 is 2.43 bits per heavy atom. The van der Waals surface area contributed by atoms with E-state index >= 15 is 0 Å². The second-order valence-electron chi connectivity index (χ2n) is 4.39. The van der Waals surface area contributed by atoms with Crippen molar-refractivity contribution in [2.24, 2.45) is 0 Å². The summed E-state index contributed by atoms with van der Waals surface area (Å²) in [5.74, 6) is 0.0130. The summed E-state index contributed by atoms with van der Waals surface area (Å²) in [6.45, 7) is 0.137. The average Bonchev–Trinajstić information content (AvgIpc) is 2.53. The van der Waals surface area contributed by atoms with Crippen molar-refractivity contribution >= 4 is 5.91 Å². The molecule has 0 unspecified atom stereocenters. The van der Waals surface area contributed by atoms with Crippen molar-refractivity contribution in [3.63, 3.8) is 0 Å². The highest BCUT2D eigenvalue weighted by Crippen LogP contribution is 2.16. The summed E-state index contributed by atoms with van der Waals surface area (Å²) in [5.41, 5.74) is 0.967. The molecule has 0 fully saturated rings. The fourth-order valence-electron chi connectivity index (χ4n) is 1.73. The number of hydrogen-bond acceptors (Lipinski definition) is 3. The van der Waals surface area contributed by atoms with Crippen LogP contribution >= 0.6 is 0 Å². The third kappa shape index (κ3) is 3.79. The Kier molecular flexibility index (Phi) is 4.90. The first-order valence-electron chi connectivity index (χ1n) is 6.40. The van der Waals surface area contributed by atoms with Crippen molar-refractivity contribution in [3.8, 4) is 5.75 Å². The molecule has 0 bridgehead atoms. The maximum absolute atomic E-state index is 13.4. The van der Waals surface area contributed by atoms with Crippen LogP contribution < -0.4 is 4.74 Å². The van der Waals surface area contributed by atoms with E-state index in [1.54, 1.807) is 42.5 Å². The van der Waals surface area contributed by atoms with Crippen molar-refractivity contribution in [2.45, 2.75) is 6.61 Å². The highest BCUT2D eigenvalue weighted by atomic mass is 19.1. The summed E-state index contributed by atoms with van der Waals surface area (Å²) >= 11 is 0. The molecule has 0 aliphatic rings. The number of halogens is 1. The Labute approximate surface area is 122 Å². The molecule has 0 aliphatic carbocycles. The number of rotatable bonds is 5. The molecule has 0 aliphatic heterocycles. The van der Waals surface area contributed by atoms with Gasteiger partial charge >= 0.3 is 0 Å². The first kappa shape index (κ1) is 15.0. The Balaban J connectivity index is 2.00. The minimum absolute atomic E-state index is 0.137. The smallest absolute Gasteiger partial charge is 0.277 e. The largest absolute Gasteiger partial charge is 0.489 e. The monoisotopic (exact) mass is 289 g/mol. The Hall–Kier alpha value is -2.40. The molecule has 5 heteroatoms. The van der Waals surface area contributed by atoms with E-state index in [1.165, 1.54) is 20.2 Å². The van der Waals surface area contributed by atoms with Crippen molar-refractivity contribution < 1.29 is 18.8 Å². The average molecular weight is 289 g/mol. The van der Waals surface area contributed by atoms with Gasteiger partial charge in [-0.2, -0.15) is 0 Å². The van der Waals surface area contributed by atoms with Crippen LogP contribution in [0.1, 0.15) is 15.9 Å². The molecule has 110 valence electrons. The number of carbonyl (C=O) groups excluding carboxylic acids is 1. The predicted octanol–water partition coefficient (Wildman–Crippen LogP) is 3.04. The van der Waals surface area contributed by atoms with Crippen LogP contribution in [0.2, 0.25) is 0 Å². The number of hydrogen-bond donors (Lipinski definition) is 0. The van der Waals surface area contributed by atoms with Gasteiger partial charge in [0.25, 0.3) is 5.91 Å². The molecule has 0 heterocycles. The van der Waals surface area contributed by atoms with Crippen molar-refractivity contribution in [3.05, 3.63) is 65.5 Å². The topological polar surface area (TPSA) is 38.8 Å². The van der Waals surface area contributed by atoms with Gasteiger partial charge in [-0.05, 0) is 30.3 Å². The summed E-state index contributed by atoms with van der Waals surface area (Å²) < 4.78 is 18.9. The van der Waals surface area contributed by atoms with Gasteiger partial charge in [0.15, 0.2) is 0 Å². The Bertz CT molecular complexity index is 613. The van der Waals surface area contributed by atoms with Crippen LogP contribution in [0, 0.1) is 5.82 Å². The maximum atomic E-state index is 13.4. The number of benzene rings is 2. The second-order valence-corrected chi connectivity index (χ2v) is 4.39. The van der Waals surface area contributed by atoms with Crippen LogP contribution in [0.15, 0.2) is 48.5 Å². The van der Waals surface area contributed by atoms with E-state index in [4.69, 9.17) is 9.57 Å². The third-order valence-corrected chi connectivity index (χ3v) is 3.01. The zero-order valence-electron chi connectivity index (χ0n) is 11.9. The van der Waals surface area contributed by atoms with E-state index in [0.29, 0.717) is 16.9 Å². The number of carbonyl (C=O) groups is 1. The molecular formula is C16H16FNO3. The minimum atomic E-state index is -0.300. The standard InChI is InChI=1S/C16H16FNO3/c1-18(20-2)16(19)12-7-9-14(10-8-12)21-11-13-5-3-4-6-15(13)17/h3-10H,11H2,1-2H3. The molecule has 0 atom stereocenters. The molecular weight excluding hydrogens is 273 g/mol. The lowest BCUT2D eigenvalue weighted by Crippen LogP contribution is -2.25. The summed E-state index contributed by atoms with van der Waals surface area (Å²) in [7, 11) is 2.95. The molecule has 21 heavy (non-hydrogen) atoms. The number of nitrogens with zero attached hydrogens (tertiary/aromatic N) is 1. The lowest BCUT2D eigenvalue weighted by molar-refractivity contribution is -0.0757. The highest BCUT2D eigenvalue weighted by Gasteiger charge is 2.11. The molecule has 4 nitrogen and oxygen atoms in total. The molecule has 0 spiro atoms. The van der Waals surface area contributed by atoms with E-state index in [0.717, 1.165) is 5.06 Å². The van der Waals surface area contributed by atoms with Crippen LogP contribution in [-0.4, -0.2) is 25.1 Å². The van der Waals surface area contributed by atoms with E-state index in [2.05, 4.69) is 0 Å². The zero-order valence-corrected chi connectivity index (χ0v) is 11.9. The highest BCUT2D eigenvalue weighted by molar-refractivity contribution is 5.93. The first-order chi connectivity index (χ1) is 10.1. The fraction of sp³-hybridized carbons (Fsp3) is 0.188. The molecule has 1 amide bonds. The van der Waals surface area contributed by atoms with Gasteiger partial charge in [-0.3, -0.25) is 9.63 Å². The van der Waals surface area contributed by atoms with E-state index < -0.39 is 0 Å². The van der Waals surface area contributed by atoms with Gasteiger partial charge in [-0.15, -0.1) is 0 Å². The SMILES string of the molecule is CON(C)C(=O)c1ccc(OCc2ccccc2F)cc1. The van der Waals surface area contributed by atoms with Gasteiger partial charge in [-0.1, -0.05) is 18.2 Å². The lowest BCUT2D eigenvalue weighted by atomic mass is 10.2. The van der Waals surface area contributed by atoms with Crippen LogP contribution in [0.25, 0.3) is 0 Å². The molecule has 0 saturated heterocycles. The maximum Gasteiger partial charge on any atom is 0.277 e. The lowest BCUT2D eigenvalue weighted by Gasteiger charge is -2.13. The fourth-order valence-corrected chi connectivity index (χ4v) is 1.73. The molecule has 0 N–H and O–H groups in total. The van der Waals surface area contributed by atoms with Gasteiger partial charge in [0, 0.05) is 18.2 Å². The third-order valence-electron chi connectivity index (χ3n) is 3.01. The minimum Gasteiger partial charge on any atom is -0.489 e. The van der Waals surface area contributed by atoms with Crippen molar-refractivity contribution in [2.75, 3.05) is 14.2 Å². The quantitative estimate of drug-likeness (QED) is 0.794. The van der Waals surface area contributed by atoms with Gasteiger partial charge < -0.3 is 4.74 Å². The summed E-state index contributed by atoms with van der Waals surface area (Å²) in [4.78, 5) is 16.6. The normalized spacial score (nSPS) is 10.2. The second kappa shape index (κ2) is 6.85. The molecule has 2 aromatic carbocycles. The predicted molar refractivity (Wildman–Crippen MR) is 76.3 cm³/mol. The molecule has 0 radical (unpaired) electrons. The van der Waals surface area contributed by atoms with Gasteiger partial charge in [0.1, 0.15) is 18.2 Å². The summed E-state index contributed by atoms with van der Waals surface area (Å²) in [6.07, 6.45) is 0. The number of amides is 1. The van der Waals surface area contributed by atoms with Gasteiger partial charge in [-0.25, -0.2) is 9.45 Å². The Morgan fingerprint density at radius 1 is 1.14 bits per heavy atom. The van der Waals surface area contributed by atoms with Crippen LogP contribution in [0.5, 0.6) is 5.75 Å². The van der Waals surface area contributed by atoms with E-state index in [9.17, 15) is 9.18 Å².